The third-order valence-electron chi connectivity index (χ3n) is 17.9. The van der Waals surface area contributed by atoms with Crippen molar-refractivity contribution in [2.45, 2.75) is 120 Å². The van der Waals surface area contributed by atoms with Crippen molar-refractivity contribution >= 4 is 49.7 Å². The summed E-state index contributed by atoms with van der Waals surface area (Å²) in [6, 6.07) is 25.6. The zero-order valence-electron chi connectivity index (χ0n) is 47.1. The minimum absolute atomic E-state index is 0.00116. The number of H-pyrrole nitrogens is 1. The number of ether oxygens (including phenoxy) is 3. The summed E-state index contributed by atoms with van der Waals surface area (Å²) in [5.74, 6) is -0.645. The molecule has 2 saturated carbocycles. The van der Waals surface area contributed by atoms with Gasteiger partial charge in [0, 0.05) is 99.3 Å². The number of halogens is 3. The number of aromatic amines is 1. The minimum Gasteiger partial charge on any atom is -0.629 e. The maximum Gasteiger partial charge on any atom is 0.387 e. The van der Waals surface area contributed by atoms with Crippen LogP contribution in [0.4, 0.5) is 30.2 Å². The number of allylic oxidation sites excluding steroid dienone is 1. The molecule has 2 saturated heterocycles. The predicted molar refractivity (Wildman–Crippen MR) is 309 cm³/mol. The van der Waals surface area contributed by atoms with Crippen molar-refractivity contribution in [3.05, 3.63) is 136 Å². The zero-order chi connectivity index (χ0) is 57.7. The summed E-state index contributed by atoms with van der Waals surface area (Å²) in [5, 5.41) is 27.1. The van der Waals surface area contributed by atoms with Gasteiger partial charge in [0.25, 0.3) is 21.8 Å². The van der Waals surface area contributed by atoms with Crippen molar-refractivity contribution < 1.29 is 50.8 Å². The van der Waals surface area contributed by atoms with Gasteiger partial charge in [-0.1, -0.05) is 50.2 Å². The standard InChI is InChI=1S/C62H73F3N8O8S/c1-38(2)44-8-6-7-9-45(44)52-37-71(36-40-10-13-43(14-11-40)80-60(64)65)28-29-73(52)42-33-62(34-42)23-26-72(27-24-62)41-12-15-46(53(30-41)81-54-31-48-49(63)16-17-50(48)68-59(54)79-5)58(74)69-82(77,78)55-32-51(70(4)76)57(56-47(55)20-25-66-56)67-35-39-18-21-61(3,75)22-19-39/h6-16,20,25,30-32,38-39,42,52,60,66-67,70,75H,17-19,21-24,26-29,33-37H2,1-5H3,(H,69,74)/t39?,52-,61?/m0/s1. The van der Waals surface area contributed by atoms with Gasteiger partial charge >= 0.3 is 6.61 Å². The topological polar surface area (TPSA) is 189 Å². The number of sulfonamides is 1. The number of methoxy groups -OCH3 is 1. The Kier molecular flexibility index (Phi) is 16.1. The van der Waals surface area contributed by atoms with Crippen molar-refractivity contribution in [3.8, 4) is 23.1 Å². The number of anilines is 2. The predicted octanol–water partition coefficient (Wildman–Crippen LogP) is 10.4. The molecule has 2 aromatic heterocycles. The van der Waals surface area contributed by atoms with Crippen LogP contribution in [0.3, 0.4) is 0 Å². The molecule has 16 nitrogen and oxygen atoms in total. The SMILES string of the molecule is COc1nc2c(cc1Oc1cc(N3CCC4(CC3)CC(N3CCN(Cc5ccc(OC(F)F)cc5)C[C@H]3c3ccccc3C(C)C)C4)ccc1C(=O)NS(=O)(=O)c1cc([NH+](C)[O-])c(NCC3CCC(C)(O)CC3)c3[nH]ccc13)C(F)=CC2. The number of carbonyl (C=O) groups is 1. The first-order chi connectivity index (χ1) is 39.3. The third-order valence-corrected chi connectivity index (χ3v) is 19.2. The number of hydrogen-bond acceptors (Lipinski definition) is 13. The summed E-state index contributed by atoms with van der Waals surface area (Å²) < 4.78 is 88.9. The Hall–Kier alpha value is -6.68. The Labute approximate surface area is 477 Å². The van der Waals surface area contributed by atoms with E-state index in [1.807, 2.05) is 19.1 Å². The van der Waals surface area contributed by atoms with Crippen LogP contribution in [-0.2, 0) is 23.0 Å². The first-order valence-corrected chi connectivity index (χ1v) is 30.0. The summed E-state index contributed by atoms with van der Waals surface area (Å²) >= 11 is 0. The van der Waals surface area contributed by atoms with Gasteiger partial charge in [0.1, 0.15) is 27.9 Å². The van der Waals surface area contributed by atoms with E-state index in [2.05, 4.69) is 77.6 Å². The van der Waals surface area contributed by atoms with Crippen LogP contribution < -0.4 is 34.2 Å². The summed E-state index contributed by atoms with van der Waals surface area (Å²) in [6.45, 7) is 8.68. The number of piperazine rings is 1. The molecule has 5 N–H and O–H groups in total. The van der Waals surface area contributed by atoms with E-state index in [0.717, 1.165) is 82.5 Å². The quantitative estimate of drug-likeness (QED) is 0.0512. The van der Waals surface area contributed by atoms with Crippen molar-refractivity contribution in [1.29, 1.82) is 0 Å². The van der Waals surface area contributed by atoms with Crippen molar-refractivity contribution in [2.24, 2.45) is 11.3 Å². The van der Waals surface area contributed by atoms with Gasteiger partial charge in [0.2, 0.25) is 0 Å². The molecule has 436 valence electrons. The highest BCUT2D eigenvalue weighted by Gasteiger charge is 2.50. The summed E-state index contributed by atoms with van der Waals surface area (Å²) in [6.07, 6.45) is 10.1. The Bertz CT molecular complexity index is 3460. The molecule has 4 heterocycles. The number of amides is 1. The molecule has 1 unspecified atom stereocenters. The summed E-state index contributed by atoms with van der Waals surface area (Å²) in [7, 11) is -1.88. The molecule has 0 radical (unpaired) electrons. The molecule has 3 aliphatic carbocycles. The lowest BCUT2D eigenvalue weighted by molar-refractivity contribution is -0.750. The summed E-state index contributed by atoms with van der Waals surface area (Å²) in [4.78, 5) is 29.4. The fourth-order valence-electron chi connectivity index (χ4n) is 13.3. The highest BCUT2D eigenvalue weighted by Crippen LogP contribution is 2.54. The smallest absolute Gasteiger partial charge is 0.387 e. The number of carbonyl (C=O) groups excluding carboxylic acids is 1. The van der Waals surface area contributed by atoms with Crippen molar-refractivity contribution in [3.63, 3.8) is 0 Å². The maximum atomic E-state index is 15.1. The first-order valence-electron chi connectivity index (χ1n) is 28.6. The lowest BCUT2D eigenvalue weighted by Gasteiger charge is -2.58. The van der Waals surface area contributed by atoms with E-state index >= 15 is 4.39 Å². The molecule has 82 heavy (non-hydrogen) atoms. The molecule has 2 atom stereocenters. The first kappa shape index (κ1) is 57.2. The van der Waals surface area contributed by atoms with Crippen LogP contribution in [0.25, 0.3) is 16.7 Å². The number of nitrogens with zero attached hydrogens (tertiary/aromatic N) is 4. The van der Waals surface area contributed by atoms with Crippen LogP contribution in [0.5, 0.6) is 23.1 Å². The lowest BCUT2D eigenvalue weighted by Crippen LogP contribution is -2.98. The number of fused-ring (bicyclic) bond motifs is 2. The summed E-state index contributed by atoms with van der Waals surface area (Å²) in [5.41, 5.74) is 5.46. The Balaban J connectivity index is 0.818. The second-order valence-corrected chi connectivity index (χ2v) is 25.4. The molecule has 6 aromatic rings. The number of hydroxylamine groups is 1. The van der Waals surface area contributed by atoms with E-state index in [-0.39, 0.29) is 79.1 Å². The molecule has 4 fully saturated rings. The monoisotopic (exact) mass is 1150 g/mol. The number of aromatic nitrogens is 2. The van der Waals surface area contributed by atoms with E-state index < -0.39 is 34.0 Å². The number of aliphatic hydroxyl groups is 1. The van der Waals surface area contributed by atoms with E-state index in [4.69, 9.17) is 9.47 Å². The molecule has 11 rings (SSSR count). The van der Waals surface area contributed by atoms with Gasteiger partial charge in [0.15, 0.2) is 11.4 Å². The van der Waals surface area contributed by atoms with Crippen LogP contribution in [0.1, 0.15) is 122 Å². The molecular formula is C62H73F3N8O8S. The maximum absolute atomic E-state index is 15.1. The number of hydrogen-bond donors (Lipinski definition) is 5. The van der Waals surface area contributed by atoms with Gasteiger partial charge in [-0.25, -0.2) is 22.5 Å². The van der Waals surface area contributed by atoms with Gasteiger partial charge in [0.05, 0.1) is 36.5 Å². The van der Waals surface area contributed by atoms with Gasteiger partial charge in [-0.05, 0) is 135 Å². The average Bonchev–Trinajstić information content (AvgIpc) is 2.84. The van der Waals surface area contributed by atoms with Crippen LogP contribution in [0, 0.1) is 16.5 Å². The molecule has 2 aliphatic heterocycles. The average molecular weight is 1150 g/mol. The number of rotatable bonds is 18. The molecule has 1 amide bonds. The van der Waals surface area contributed by atoms with Gasteiger partial charge in [-0.3, -0.25) is 14.6 Å². The highest BCUT2D eigenvalue weighted by molar-refractivity contribution is 7.90. The highest BCUT2D eigenvalue weighted by atomic mass is 32.2. The number of alkyl halides is 2. The normalized spacial score (nSPS) is 21.8. The molecule has 0 bridgehead atoms. The van der Waals surface area contributed by atoms with Crippen LogP contribution in [0.2, 0.25) is 0 Å². The molecular weight excluding hydrogens is 1070 g/mol. The Morgan fingerprint density at radius 1 is 0.963 bits per heavy atom. The minimum atomic E-state index is -4.66. The van der Waals surface area contributed by atoms with Crippen LogP contribution >= 0.6 is 0 Å². The van der Waals surface area contributed by atoms with Crippen LogP contribution in [-0.4, -0.2) is 111 Å². The number of quaternary nitrogens is 1. The second-order valence-electron chi connectivity index (χ2n) is 23.7. The number of pyridine rings is 1. The largest absolute Gasteiger partial charge is 0.629 e. The number of benzene rings is 4. The van der Waals surface area contributed by atoms with E-state index in [1.54, 1.807) is 36.5 Å². The lowest BCUT2D eigenvalue weighted by atomic mass is 9.59. The number of nitrogens with one attached hydrogen (secondary N) is 4. The Morgan fingerprint density at radius 2 is 1.71 bits per heavy atom. The molecule has 5 aliphatic rings. The van der Waals surface area contributed by atoms with Gasteiger partial charge in [-0.2, -0.15) is 8.78 Å². The van der Waals surface area contributed by atoms with Crippen molar-refractivity contribution in [2.75, 3.05) is 63.6 Å². The van der Waals surface area contributed by atoms with E-state index in [9.17, 15) is 32.3 Å². The zero-order valence-corrected chi connectivity index (χ0v) is 47.9. The molecule has 1 spiro atoms. The van der Waals surface area contributed by atoms with Crippen LogP contribution in [0.15, 0.2) is 102 Å². The number of piperidine rings is 1. The van der Waals surface area contributed by atoms with Crippen molar-refractivity contribution in [1.82, 2.24) is 24.5 Å². The van der Waals surface area contributed by atoms with Gasteiger partial charge < -0.3 is 44.8 Å². The van der Waals surface area contributed by atoms with Gasteiger partial charge in [-0.15, -0.1) is 0 Å². The second kappa shape index (κ2) is 23.2. The molecule has 4 aromatic carbocycles. The third kappa shape index (κ3) is 11.9. The molecule has 20 heteroatoms. The Morgan fingerprint density at radius 3 is 2.41 bits per heavy atom. The van der Waals surface area contributed by atoms with E-state index in [1.165, 1.54) is 49.6 Å². The van der Waals surface area contributed by atoms with E-state index in [0.29, 0.717) is 54.8 Å². The fraction of sp³-hybridized carbons (Fsp3) is 0.452. The fourth-order valence-corrected chi connectivity index (χ4v) is 14.5.